The predicted octanol–water partition coefficient (Wildman–Crippen LogP) is 3.44. The highest BCUT2D eigenvalue weighted by atomic mass is 16.5. The standard InChI is InChI=1S/C16H26O5/c1-12(2)11-21-10-6-5-9-16(15(19)20)8-4-3-7-13(16)14(17)18/h11,13H,3-10H2,1-2H3,(H,17,18)(H,19,20). The Morgan fingerprint density at radius 3 is 2.52 bits per heavy atom. The molecule has 0 saturated heterocycles. The van der Waals surface area contributed by atoms with E-state index in [2.05, 4.69) is 0 Å². The van der Waals surface area contributed by atoms with E-state index in [0.717, 1.165) is 24.8 Å². The zero-order valence-electron chi connectivity index (χ0n) is 12.9. The van der Waals surface area contributed by atoms with Crippen LogP contribution in [0.3, 0.4) is 0 Å². The van der Waals surface area contributed by atoms with Crippen molar-refractivity contribution in [3.05, 3.63) is 11.8 Å². The van der Waals surface area contributed by atoms with Crippen molar-refractivity contribution in [2.75, 3.05) is 6.61 Å². The average Bonchev–Trinajstić information content (AvgIpc) is 2.42. The van der Waals surface area contributed by atoms with Crippen LogP contribution in [0.1, 0.15) is 58.8 Å². The molecule has 2 N–H and O–H groups in total. The van der Waals surface area contributed by atoms with Crippen LogP contribution in [-0.4, -0.2) is 28.8 Å². The number of aliphatic carboxylic acids is 2. The Labute approximate surface area is 126 Å². The lowest BCUT2D eigenvalue weighted by Gasteiger charge is -2.38. The number of rotatable bonds is 8. The summed E-state index contributed by atoms with van der Waals surface area (Å²) >= 11 is 0. The van der Waals surface area contributed by atoms with Gasteiger partial charge < -0.3 is 14.9 Å². The molecule has 0 aromatic rings. The minimum Gasteiger partial charge on any atom is -0.501 e. The van der Waals surface area contributed by atoms with Crippen molar-refractivity contribution in [3.63, 3.8) is 0 Å². The van der Waals surface area contributed by atoms with Gasteiger partial charge in [0.2, 0.25) is 0 Å². The van der Waals surface area contributed by atoms with E-state index >= 15 is 0 Å². The highest BCUT2D eigenvalue weighted by molar-refractivity contribution is 5.83. The minimum atomic E-state index is -1.10. The third-order valence-electron chi connectivity index (χ3n) is 4.21. The zero-order chi connectivity index (χ0) is 15.9. The van der Waals surface area contributed by atoms with Gasteiger partial charge in [0.1, 0.15) is 0 Å². The molecule has 5 heteroatoms. The van der Waals surface area contributed by atoms with Gasteiger partial charge in [-0.05, 0) is 51.5 Å². The lowest BCUT2D eigenvalue weighted by atomic mass is 9.63. The molecule has 1 saturated carbocycles. The number of ether oxygens (including phenoxy) is 1. The number of hydrogen-bond donors (Lipinski definition) is 2. The van der Waals surface area contributed by atoms with E-state index in [4.69, 9.17) is 4.74 Å². The Morgan fingerprint density at radius 2 is 1.95 bits per heavy atom. The van der Waals surface area contributed by atoms with Crippen molar-refractivity contribution in [1.29, 1.82) is 0 Å². The Hall–Kier alpha value is -1.52. The lowest BCUT2D eigenvalue weighted by molar-refractivity contribution is -0.166. The largest absolute Gasteiger partial charge is 0.501 e. The number of hydrogen-bond acceptors (Lipinski definition) is 3. The first kappa shape index (κ1) is 17.5. The Morgan fingerprint density at radius 1 is 1.24 bits per heavy atom. The molecule has 0 amide bonds. The maximum absolute atomic E-state index is 11.7. The number of allylic oxidation sites excluding steroid dienone is 1. The number of carbonyl (C=O) groups is 2. The van der Waals surface area contributed by atoms with E-state index in [9.17, 15) is 19.8 Å². The van der Waals surface area contributed by atoms with Gasteiger partial charge in [0.05, 0.1) is 24.2 Å². The van der Waals surface area contributed by atoms with Gasteiger partial charge in [-0.25, -0.2) is 0 Å². The Balaban J connectivity index is 2.57. The monoisotopic (exact) mass is 298 g/mol. The smallest absolute Gasteiger partial charge is 0.310 e. The SMILES string of the molecule is CC(C)=COCCCCC1(C(=O)O)CCCCC1C(=O)O. The molecular formula is C16H26O5. The van der Waals surface area contributed by atoms with Crippen LogP contribution < -0.4 is 0 Å². The lowest BCUT2D eigenvalue weighted by Crippen LogP contribution is -2.44. The quantitative estimate of drug-likeness (QED) is 0.529. The first-order valence-electron chi connectivity index (χ1n) is 7.61. The first-order valence-corrected chi connectivity index (χ1v) is 7.61. The molecule has 0 heterocycles. The van der Waals surface area contributed by atoms with Crippen LogP contribution in [-0.2, 0) is 14.3 Å². The molecule has 1 aliphatic rings. The normalized spacial score (nSPS) is 25.1. The molecule has 0 aliphatic heterocycles. The maximum atomic E-state index is 11.7. The van der Waals surface area contributed by atoms with Crippen molar-refractivity contribution in [2.24, 2.45) is 11.3 Å². The Kier molecular flexibility index (Phi) is 6.72. The van der Waals surface area contributed by atoms with E-state index in [1.807, 2.05) is 13.8 Å². The Bertz CT molecular complexity index is 397. The topological polar surface area (TPSA) is 83.8 Å². The number of carboxylic acid groups (broad SMARTS) is 2. The number of unbranched alkanes of at least 4 members (excludes halogenated alkanes) is 1. The first-order chi connectivity index (χ1) is 9.90. The highest BCUT2D eigenvalue weighted by Gasteiger charge is 2.50. The zero-order valence-corrected chi connectivity index (χ0v) is 12.9. The number of carboxylic acids is 2. The fourth-order valence-electron chi connectivity index (χ4n) is 3.11. The molecule has 0 aromatic heterocycles. The summed E-state index contributed by atoms with van der Waals surface area (Å²) in [4.78, 5) is 23.1. The van der Waals surface area contributed by atoms with Crippen molar-refractivity contribution in [3.8, 4) is 0 Å². The molecule has 0 bridgehead atoms. The summed E-state index contributed by atoms with van der Waals surface area (Å²) in [5.74, 6) is -2.69. The summed E-state index contributed by atoms with van der Waals surface area (Å²) in [6.45, 7) is 4.43. The van der Waals surface area contributed by atoms with E-state index in [-0.39, 0.29) is 0 Å². The van der Waals surface area contributed by atoms with Gasteiger partial charge in [-0.2, -0.15) is 0 Å². The minimum absolute atomic E-state index is 0.414. The van der Waals surface area contributed by atoms with Crippen molar-refractivity contribution in [2.45, 2.75) is 58.8 Å². The van der Waals surface area contributed by atoms with Crippen LogP contribution in [0.15, 0.2) is 11.8 Å². The molecule has 1 fully saturated rings. The van der Waals surface area contributed by atoms with Crippen LogP contribution >= 0.6 is 0 Å². The van der Waals surface area contributed by atoms with Crippen LogP contribution in [0.5, 0.6) is 0 Å². The molecule has 0 radical (unpaired) electrons. The van der Waals surface area contributed by atoms with E-state index in [1.54, 1.807) is 6.26 Å². The van der Waals surface area contributed by atoms with Crippen LogP contribution in [0.2, 0.25) is 0 Å². The van der Waals surface area contributed by atoms with Crippen molar-refractivity contribution in [1.82, 2.24) is 0 Å². The van der Waals surface area contributed by atoms with Gasteiger partial charge in [-0.15, -0.1) is 0 Å². The predicted molar refractivity (Wildman–Crippen MR) is 78.9 cm³/mol. The molecule has 2 unspecified atom stereocenters. The van der Waals surface area contributed by atoms with E-state index in [1.165, 1.54) is 0 Å². The third-order valence-corrected chi connectivity index (χ3v) is 4.21. The van der Waals surface area contributed by atoms with E-state index < -0.39 is 23.3 Å². The molecule has 2 atom stereocenters. The van der Waals surface area contributed by atoms with Gasteiger partial charge in [0.25, 0.3) is 0 Å². The van der Waals surface area contributed by atoms with Gasteiger partial charge in [-0.3, -0.25) is 9.59 Å². The second-order valence-corrected chi connectivity index (χ2v) is 6.12. The maximum Gasteiger partial charge on any atom is 0.310 e. The van der Waals surface area contributed by atoms with Crippen molar-refractivity contribution < 1.29 is 24.5 Å². The summed E-state index contributed by atoms with van der Waals surface area (Å²) < 4.78 is 5.33. The van der Waals surface area contributed by atoms with Gasteiger partial charge in [0, 0.05) is 0 Å². The highest BCUT2D eigenvalue weighted by Crippen LogP contribution is 2.45. The van der Waals surface area contributed by atoms with Gasteiger partial charge >= 0.3 is 11.9 Å². The molecule has 0 aromatic carbocycles. The third kappa shape index (κ3) is 4.76. The molecular weight excluding hydrogens is 272 g/mol. The fourth-order valence-corrected chi connectivity index (χ4v) is 3.11. The van der Waals surface area contributed by atoms with Crippen LogP contribution in [0, 0.1) is 11.3 Å². The van der Waals surface area contributed by atoms with Gasteiger partial charge in [0.15, 0.2) is 0 Å². The van der Waals surface area contributed by atoms with E-state index in [0.29, 0.717) is 32.3 Å². The summed E-state index contributed by atoms with van der Waals surface area (Å²) in [5.41, 5.74) is -0.0177. The molecule has 5 nitrogen and oxygen atoms in total. The molecule has 21 heavy (non-hydrogen) atoms. The molecule has 1 rings (SSSR count). The van der Waals surface area contributed by atoms with Crippen LogP contribution in [0.4, 0.5) is 0 Å². The second-order valence-electron chi connectivity index (χ2n) is 6.12. The summed E-state index contributed by atoms with van der Waals surface area (Å²) in [6.07, 6.45) is 6.05. The van der Waals surface area contributed by atoms with Gasteiger partial charge in [-0.1, -0.05) is 12.8 Å². The average molecular weight is 298 g/mol. The fraction of sp³-hybridized carbons (Fsp3) is 0.750. The molecule has 1 aliphatic carbocycles. The second kappa shape index (κ2) is 8.05. The van der Waals surface area contributed by atoms with Crippen molar-refractivity contribution >= 4 is 11.9 Å². The molecule has 0 spiro atoms. The summed E-state index contributed by atoms with van der Waals surface area (Å²) in [6, 6.07) is 0. The summed E-state index contributed by atoms with van der Waals surface area (Å²) in [5, 5.41) is 18.9. The summed E-state index contributed by atoms with van der Waals surface area (Å²) in [7, 11) is 0. The molecule has 120 valence electrons. The van der Waals surface area contributed by atoms with Crippen LogP contribution in [0.25, 0.3) is 0 Å².